The number of nitrogens with zero attached hydrogens (tertiary/aromatic N) is 3. The van der Waals surface area contributed by atoms with E-state index in [1.807, 2.05) is 36.4 Å². The minimum Gasteiger partial charge on any atom is -0.492 e. The predicted octanol–water partition coefficient (Wildman–Crippen LogP) is 3.90. The molecular weight excluding hydrogens is 310 g/mol. The number of ether oxygens (including phenoxy) is 1. The number of hydrogen-bond acceptors (Lipinski definition) is 4. The van der Waals surface area contributed by atoms with Gasteiger partial charge in [-0.3, -0.25) is 0 Å². The van der Waals surface area contributed by atoms with Crippen molar-refractivity contribution in [2.24, 2.45) is 5.92 Å². The first-order valence-electron chi connectivity index (χ1n) is 7.74. The summed E-state index contributed by atoms with van der Waals surface area (Å²) in [6.07, 6.45) is 3.87. The van der Waals surface area contributed by atoms with Gasteiger partial charge in [-0.15, -0.1) is 0 Å². The molecule has 1 aliphatic rings. The minimum absolute atomic E-state index is 0.442. The second-order valence-electron chi connectivity index (χ2n) is 5.71. The van der Waals surface area contributed by atoms with Crippen LogP contribution in [-0.4, -0.2) is 24.7 Å². The zero-order chi connectivity index (χ0) is 16.1. The second kappa shape index (κ2) is 7.34. The summed E-state index contributed by atoms with van der Waals surface area (Å²) in [4.78, 5) is 6.64. The molecule has 0 saturated carbocycles. The van der Waals surface area contributed by atoms with Crippen molar-refractivity contribution in [2.45, 2.75) is 12.8 Å². The van der Waals surface area contributed by atoms with Crippen LogP contribution in [0.25, 0.3) is 0 Å². The second-order valence-corrected chi connectivity index (χ2v) is 6.12. The van der Waals surface area contributed by atoms with Gasteiger partial charge in [0.05, 0.1) is 17.2 Å². The summed E-state index contributed by atoms with van der Waals surface area (Å²) in [6, 6.07) is 13.4. The predicted molar refractivity (Wildman–Crippen MR) is 90.8 cm³/mol. The summed E-state index contributed by atoms with van der Waals surface area (Å²) < 4.78 is 5.87. The number of hydrogen-bond donors (Lipinski definition) is 0. The van der Waals surface area contributed by atoms with E-state index in [1.54, 1.807) is 6.20 Å². The van der Waals surface area contributed by atoms with Crippen molar-refractivity contribution in [1.82, 2.24) is 4.98 Å². The van der Waals surface area contributed by atoms with Gasteiger partial charge < -0.3 is 9.64 Å². The van der Waals surface area contributed by atoms with E-state index in [-0.39, 0.29) is 0 Å². The van der Waals surface area contributed by atoms with Crippen LogP contribution in [0.1, 0.15) is 18.4 Å². The Balaban J connectivity index is 1.59. The lowest BCUT2D eigenvalue weighted by Crippen LogP contribution is -2.38. The van der Waals surface area contributed by atoms with Crippen molar-refractivity contribution in [3.8, 4) is 11.8 Å². The SMILES string of the molecule is N#Cc1ccc(N2CCCC(COc3ccccc3Cl)C2)nc1. The van der Waals surface area contributed by atoms with Gasteiger partial charge in [0.2, 0.25) is 0 Å². The molecule has 23 heavy (non-hydrogen) atoms. The van der Waals surface area contributed by atoms with E-state index in [2.05, 4.69) is 16.0 Å². The van der Waals surface area contributed by atoms with Crippen LogP contribution in [0.5, 0.6) is 5.75 Å². The molecule has 1 aromatic carbocycles. The molecule has 0 radical (unpaired) electrons. The van der Waals surface area contributed by atoms with Crippen molar-refractivity contribution < 1.29 is 4.74 Å². The Hall–Kier alpha value is -2.25. The fourth-order valence-corrected chi connectivity index (χ4v) is 3.01. The fraction of sp³-hybridized carbons (Fsp3) is 0.333. The van der Waals surface area contributed by atoms with E-state index < -0.39 is 0 Å². The minimum atomic E-state index is 0.442. The van der Waals surface area contributed by atoms with Gasteiger partial charge in [-0.1, -0.05) is 23.7 Å². The monoisotopic (exact) mass is 327 g/mol. The molecule has 2 heterocycles. The quantitative estimate of drug-likeness (QED) is 0.854. The average molecular weight is 328 g/mol. The molecule has 5 heteroatoms. The molecule has 1 unspecified atom stereocenters. The van der Waals surface area contributed by atoms with E-state index in [0.717, 1.165) is 37.5 Å². The highest BCUT2D eigenvalue weighted by Crippen LogP contribution is 2.26. The smallest absolute Gasteiger partial charge is 0.137 e. The van der Waals surface area contributed by atoms with Crippen molar-refractivity contribution in [3.63, 3.8) is 0 Å². The lowest BCUT2D eigenvalue weighted by Gasteiger charge is -2.33. The lowest BCUT2D eigenvalue weighted by molar-refractivity contribution is 0.228. The summed E-state index contributed by atoms with van der Waals surface area (Å²) in [5.74, 6) is 2.10. The molecule has 0 bridgehead atoms. The Morgan fingerprint density at radius 3 is 2.91 bits per heavy atom. The van der Waals surface area contributed by atoms with Crippen LogP contribution >= 0.6 is 11.6 Å². The van der Waals surface area contributed by atoms with Crippen LogP contribution in [0, 0.1) is 17.2 Å². The molecule has 4 nitrogen and oxygen atoms in total. The standard InChI is InChI=1S/C18H18ClN3O/c19-16-5-1-2-6-17(16)23-13-15-4-3-9-22(12-15)18-8-7-14(10-20)11-21-18/h1-2,5-8,11,15H,3-4,9,12-13H2. The number of piperidine rings is 1. The average Bonchev–Trinajstić information content (AvgIpc) is 2.61. The van der Waals surface area contributed by atoms with Crippen LogP contribution in [0.2, 0.25) is 5.02 Å². The summed E-state index contributed by atoms with van der Waals surface area (Å²) >= 11 is 6.12. The van der Waals surface area contributed by atoms with Gasteiger partial charge in [-0.25, -0.2) is 4.98 Å². The van der Waals surface area contributed by atoms with Crippen molar-refractivity contribution in [1.29, 1.82) is 5.26 Å². The van der Waals surface area contributed by atoms with E-state index in [1.165, 1.54) is 0 Å². The number of aromatic nitrogens is 1. The molecule has 0 N–H and O–H groups in total. The molecule has 1 aromatic heterocycles. The third-order valence-corrected chi connectivity index (χ3v) is 4.34. The summed E-state index contributed by atoms with van der Waals surface area (Å²) in [6.45, 7) is 2.54. The number of pyridine rings is 1. The Bertz CT molecular complexity index is 696. The first kappa shape index (κ1) is 15.6. The topological polar surface area (TPSA) is 49.2 Å². The van der Waals surface area contributed by atoms with Crippen molar-refractivity contribution >= 4 is 17.4 Å². The van der Waals surface area contributed by atoms with Gasteiger partial charge in [0.25, 0.3) is 0 Å². The number of nitriles is 1. The highest BCUT2D eigenvalue weighted by molar-refractivity contribution is 6.32. The zero-order valence-electron chi connectivity index (χ0n) is 12.8. The van der Waals surface area contributed by atoms with Gasteiger partial charge >= 0.3 is 0 Å². The molecule has 1 atom stereocenters. The van der Waals surface area contributed by atoms with Crippen LogP contribution in [0.15, 0.2) is 42.6 Å². The largest absolute Gasteiger partial charge is 0.492 e. The lowest BCUT2D eigenvalue weighted by atomic mass is 9.99. The number of rotatable bonds is 4. The maximum Gasteiger partial charge on any atom is 0.137 e. The van der Waals surface area contributed by atoms with Crippen molar-refractivity contribution in [3.05, 3.63) is 53.2 Å². The maximum atomic E-state index is 8.85. The molecule has 3 rings (SSSR count). The first-order chi connectivity index (χ1) is 11.3. The molecule has 2 aromatic rings. The Morgan fingerprint density at radius 1 is 1.30 bits per heavy atom. The number of anilines is 1. The molecular formula is C18H18ClN3O. The number of benzene rings is 1. The Kier molecular flexibility index (Phi) is 4.99. The van der Waals surface area contributed by atoms with Gasteiger partial charge in [0.15, 0.2) is 0 Å². The maximum absolute atomic E-state index is 8.85. The highest BCUT2D eigenvalue weighted by Gasteiger charge is 2.21. The fourth-order valence-electron chi connectivity index (χ4n) is 2.82. The first-order valence-corrected chi connectivity index (χ1v) is 8.12. The molecule has 0 aliphatic carbocycles. The zero-order valence-corrected chi connectivity index (χ0v) is 13.5. The molecule has 0 amide bonds. The number of halogens is 1. The van der Waals surface area contributed by atoms with Gasteiger partial charge in [0.1, 0.15) is 17.6 Å². The van der Waals surface area contributed by atoms with Gasteiger partial charge in [0, 0.05) is 25.2 Å². The van der Waals surface area contributed by atoms with E-state index >= 15 is 0 Å². The normalized spacial score (nSPS) is 17.6. The summed E-state index contributed by atoms with van der Waals surface area (Å²) in [7, 11) is 0. The number of para-hydroxylation sites is 1. The van der Waals surface area contributed by atoms with Gasteiger partial charge in [-0.05, 0) is 37.1 Å². The molecule has 1 fully saturated rings. The van der Waals surface area contributed by atoms with E-state index in [0.29, 0.717) is 23.1 Å². The Labute approximate surface area is 141 Å². The van der Waals surface area contributed by atoms with E-state index in [9.17, 15) is 0 Å². The molecule has 1 saturated heterocycles. The highest BCUT2D eigenvalue weighted by atomic mass is 35.5. The van der Waals surface area contributed by atoms with Crippen LogP contribution < -0.4 is 9.64 Å². The van der Waals surface area contributed by atoms with Crippen LogP contribution in [0.3, 0.4) is 0 Å². The van der Waals surface area contributed by atoms with Gasteiger partial charge in [-0.2, -0.15) is 5.26 Å². The third-order valence-electron chi connectivity index (χ3n) is 4.03. The van der Waals surface area contributed by atoms with Crippen molar-refractivity contribution in [2.75, 3.05) is 24.6 Å². The van der Waals surface area contributed by atoms with Crippen LogP contribution in [0.4, 0.5) is 5.82 Å². The molecule has 118 valence electrons. The van der Waals surface area contributed by atoms with Crippen LogP contribution in [-0.2, 0) is 0 Å². The summed E-state index contributed by atoms with van der Waals surface area (Å²) in [5.41, 5.74) is 0.587. The summed E-state index contributed by atoms with van der Waals surface area (Å²) in [5, 5.41) is 9.50. The Morgan fingerprint density at radius 2 is 2.17 bits per heavy atom. The molecule has 0 spiro atoms. The third kappa shape index (κ3) is 3.94. The molecule has 1 aliphatic heterocycles. The van der Waals surface area contributed by atoms with E-state index in [4.69, 9.17) is 21.6 Å².